The van der Waals surface area contributed by atoms with E-state index in [1.807, 2.05) is 42.5 Å². The van der Waals surface area contributed by atoms with Crippen molar-refractivity contribution in [1.82, 2.24) is 9.21 Å². The van der Waals surface area contributed by atoms with Gasteiger partial charge in [0, 0.05) is 25.7 Å². The number of aryl methyl sites for hydroxylation is 1. The van der Waals surface area contributed by atoms with Crippen molar-refractivity contribution in [2.24, 2.45) is 0 Å². The fraction of sp³-hybridized carbons (Fsp3) is 0.429. The van der Waals surface area contributed by atoms with Crippen LogP contribution >= 0.6 is 0 Å². The Hall–Kier alpha value is -1.69. The van der Waals surface area contributed by atoms with E-state index in [1.165, 1.54) is 12.8 Å². The minimum absolute atomic E-state index is 0.124. The molecule has 2 aliphatic rings. The summed E-state index contributed by atoms with van der Waals surface area (Å²) in [5, 5.41) is 0. The summed E-state index contributed by atoms with van der Waals surface area (Å²) in [4.78, 5) is 2.86. The second-order valence-electron chi connectivity index (χ2n) is 7.27. The Kier molecular flexibility index (Phi) is 4.86. The monoisotopic (exact) mass is 370 g/mol. The van der Waals surface area contributed by atoms with Crippen molar-refractivity contribution in [2.75, 3.05) is 19.6 Å². The zero-order valence-electron chi connectivity index (χ0n) is 15.2. The third kappa shape index (κ3) is 3.43. The van der Waals surface area contributed by atoms with E-state index < -0.39 is 10.0 Å². The lowest BCUT2D eigenvalue weighted by molar-refractivity contribution is 0.129. The van der Waals surface area contributed by atoms with Gasteiger partial charge in [-0.05, 0) is 42.5 Å². The van der Waals surface area contributed by atoms with Gasteiger partial charge in [-0.3, -0.25) is 4.90 Å². The molecule has 4 rings (SSSR count). The van der Waals surface area contributed by atoms with Gasteiger partial charge in [-0.2, -0.15) is 4.31 Å². The number of sulfonamides is 1. The first kappa shape index (κ1) is 17.7. The summed E-state index contributed by atoms with van der Waals surface area (Å²) in [6.45, 7) is 4.22. The van der Waals surface area contributed by atoms with E-state index in [0.29, 0.717) is 17.5 Å². The van der Waals surface area contributed by atoms with Crippen LogP contribution in [0.1, 0.15) is 36.9 Å². The molecule has 1 heterocycles. The third-order valence-electron chi connectivity index (χ3n) is 5.55. The van der Waals surface area contributed by atoms with Crippen LogP contribution in [0.2, 0.25) is 0 Å². The highest BCUT2D eigenvalue weighted by atomic mass is 32.2. The summed E-state index contributed by atoms with van der Waals surface area (Å²) in [6.07, 6.45) is 3.40. The Bertz CT molecular complexity index is 845. The quantitative estimate of drug-likeness (QED) is 0.809. The van der Waals surface area contributed by atoms with Gasteiger partial charge in [-0.1, -0.05) is 49.4 Å². The average molecular weight is 371 g/mol. The minimum atomic E-state index is -3.51. The molecule has 0 aromatic heterocycles. The molecule has 1 saturated heterocycles. The Labute approximate surface area is 156 Å². The first-order chi connectivity index (χ1) is 12.6. The highest BCUT2D eigenvalue weighted by Gasteiger charge is 2.40. The van der Waals surface area contributed by atoms with Crippen molar-refractivity contribution in [3.63, 3.8) is 0 Å². The molecule has 0 spiro atoms. The van der Waals surface area contributed by atoms with E-state index in [1.54, 1.807) is 16.4 Å². The number of hydrogen-bond acceptors (Lipinski definition) is 3. The normalized spacial score (nSPS) is 22.4. The molecule has 2 fully saturated rings. The molecule has 138 valence electrons. The number of benzene rings is 2. The van der Waals surface area contributed by atoms with Crippen molar-refractivity contribution >= 4 is 10.0 Å². The van der Waals surface area contributed by atoms with Crippen molar-refractivity contribution in [2.45, 2.75) is 43.2 Å². The molecule has 0 N–H and O–H groups in total. The first-order valence-corrected chi connectivity index (χ1v) is 10.9. The molecular weight excluding hydrogens is 344 g/mol. The molecule has 1 aliphatic carbocycles. The number of hydrogen-bond donors (Lipinski definition) is 0. The maximum atomic E-state index is 13.4. The van der Waals surface area contributed by atoms with Crippen molar-refractivity contribution in [1.29, 1.82) is 0 Å². The predicted molar refractivity (Wildman–Crippen MR) is 103 cm³/mol. The largest absolute Gasteiger partial charge is 0.297 e. The van der Waals surface area contributed by atoms with Gasteiger partial charge in [0.05, 0.1) is 10.9 Å². The molecule has 2 aromatic rings. The van der Waals surface area contributed by atoms with Gasteiger partial charge in [0.1, 0.15) is 0 Å². The smallest absolute Gasteiger partial charge is 0.243 e. The molecule has 5 heteroatoms. The summed E-state index contributed by atoms with van der Waals surface area (Å²) in [5.41, 5.74) is 2.23. The van der Waals surface area contributed by atoms with Gasteiger partial charge in [-0.25, -0.2) is 8.42 Å². The van der Waals surface area contributed by atoms with E-state index in [9.17, 15) is 8.42 Å². The van der Waals surface area contributed by atoms with E-state index in [0.717, 1.165) is 30.6 Å². The maximum absolute atomic E-state index is 13.4. The topological polar surface area (TPSA) is 40.6 Å². The molecule has 2 aromatic carbocycles. The molecule has 4 nitrogen and oxygen atoms in total. The van der Waals surface area contributed by atoms with Gasteiger partial charge in [-0.15, -0.1) is 0 Å². The standard InChI is InChI=1S/C21H26N2O2S/c1-2-17-8-12-20(13-9-17)26(24,25)23-15-14-22(19-10-11-19)16-21(23)18-6-4-3-5-7-18/h3-9,12-13,19,21H,2,10-11,14-16H2,1H3/t21-/m0/s1. The summed E-state index contributed by atoms with van der Waals surface area (Å²) >= 11 is 0. The molecule has 1 atom stereocenters. The first-order valence-electron chi connectivity index (χ1n) is 9.49. The second kappa shape index (κ2) is 7.14. The van der Waals surface area contributed by atoms with Crippen LogP contribution in [0.15, 0.2) is 59.5 Å². The zero-order valence-corrected chi connectivity index (χ0v) is 16.0. The number of rotatable bonds is 5. The summed E-state index contributed by atoms with van der Waals surface area (Å²) < 4.78 is 28.5. The van der Waals surface area contributed by atoms with Crippen LogP contribution in [0.25, 0.3) is 0 Å². The fourth-order valence-corrected chi connectivity index (χ4v) is 5.42. The Morgan fingerprint density at radius 1 is 0.962 bits per heavy atom. The van der Waals surface area contributed by atoms with Crippen LogP contribution in [-0.2, 0) is 16.4 Å². The zero-order chi connectivity index (χ0) is 18.1. The van der Waals surface area contributed by atoms with E-state index in [2.05, 4.69) is 11.8 Å². The van der Waals surface area contributed by atoms with Crippen molar-refractivity contribution < 1.29 is 8.42 Å². The lowest BCUT2D eigenvalue weighted by Crippen LogP contribution is -2.51. The van der Waals surface area contributed by atoms with Gasteiger partial charge in [0.15, 0.2) is 0 Å². The van der Waals surface area contributed by atoms with Gasteiger partial charge < -0.3 is 0 Å². The maximum Gasteiger partial charge on any atom is 0.243 e. The average Bonchev–Trinajstić information content (AvgIpc) is 3.53. The van der Waals surface area contributed by atoms with Crippen LogP contribution in [0, 0.1) is 0 Å². The van der Waals surface area contributed by atoms with E-state index >= 15 is 0 Å². The third-order valence-corrected chi connectivity index (χ3v) is 7.47. The SMILES string of the molecule is CCc1ccc(S(=O)(=O)N2CCN(C3CC3)C[C@H]2c2ccccc2)cc1. The summed E-state index contributed by atoms with van der Waals surface area (Å²) in [5.74, 6) is 0. The molecule has 1 saturated carbocycles. The van der Waals surface area contributed by atoms with Crippen molar-refractivity contribution in [3.05, 3.63) is 65.7 Å². The predicted octanol–water partition coefficient (Wildman–Crippen LogP) is 3.46. The van der Waals surface area contributed by atoms with Crippen LogP contribution in [0.5, 0.6) is 0 Å². The Balaban J connectivity index is 1.67. The fourth-order valence-electron chi connectivity index (χ4n) is 3.83. The van der Waals surface area contributed by atoms with Crippen LogP contribution in [0.3, 0.4) is 0 Å². The highest BCUT2D eigenvalue weighted by molar-refractivity contribution is 7.89. The van der Waals surface area contributed by atoms with Crippen molar-refractivity contribution in [3.8, 4) is 0 Å². The van der Waals surface area contributed by atoms with E-state index in [4.69, 9.17) is 0 Å². The minimum Gasteiger partial charge on any atom is -0.297 e. The molecule has 26 heavy (non-hydrogen) atoms. The van der Waals surface area contributed by atoms with E-state index in [-0.39, 0.29) is 6.04 Å². The molecular formula is C21H26N2O2S. The summed E-state index contributed by atoms with van der Waals surface area (Å²) in [6, 6.07) is 17.9. The summed E-state index contributed by atoms with van der Waals surface area (Å²) in [7, 11) is -3.51. The lowest BCUT2D eigenvalue weighted by Gasteiger charge is -2.41. The second-order valence-corrected chi connectivity index (χ2v) is 9.16. The van der Waals surface area contributed by atoms with Crippen LogP contribution in [0.4, 0.5) is 0 Å². The molecule has 1 aliphatic heterocycles. The molecule has 0 radical (unpaired) electrons. The Morgan fingerprint density at radius 3 is 2.27 bits per heavy atom. The van der Waals surface area contributed by atoms with Crippen LogP contribution in [-0.4, -0.2) is 43.3 Å². The Morgan fingerprint density at radius 2 is 1.65 bits per heavy atom. The lowest BCUT2D eigenvalue weighted by atomic mass is 10.0. The highest BCUT2D eigenvalue weighted by Crippen LogP contribution is 2.36. The number of piperazine rings is 1. The molecule has 0 amide bonds. The van der Waals surface area contributed by atoms with Gasteiger partial charge in [0.2, 0.25) is 10.0 Å². The van der Waals surface area contributed by atoms with Crippen LogP contribution < -0.4 is 0 Å². The van der Waals surface area contributed by atoms with Gasteiger partial charge in [0.25, 0.3) is 0 Å². The molecule has 0 unspecified atom stereocenters. The number of nitrogens with zero attached hydrogens (tertiary/aromatic N) is 2. The van der Waals surface area contributed by atoms with Gasteiger partial charge >= 0.3 is 0 Å². The molecule has 0 bridgehead atoms.